The van der Waals surface area contributed by atoms with E-state index in [-0.39, 0.29) is 10.8 Å². The molecule has 1 aromatic rings. The van der Waals surface area contributed by atoms with Crippen LogP contribution >= 0.6 is 0 Å². The van der Waals surface area contributed by atoms with Gasteiger partial charge in [-0.15, -0.1) is 0 Å². The zero-order chi connectivity index (χ0) is 17.9. The summed E-state index contributed by atoms with van der Waals surface area (Å²) in [5.41, 5.74) is 0.550. The molecule has 2 fully saturated rings. The molecule has 0 aliphatic carbocycles. The lowest BCUT2D eigenvalue weighted by molar-refractivity contribution is 0.0698. The van der Waals surface area contributed by atoms with Crippen molar-refractivity contribution >= 4 is 15.9 Å². The van der Waals surface area contributed by atoms with Crippen LogP contribution in [0.25, 0.3) is 0 Å². The first-order valence-corrected chi connectivity index (χ1v) is 10.5. The Morgan fingerprint density at radius 3 is 2.36 bits per heavy atom. The Morgan fingerprint density at radius 1 is 1.04 bits per heavy atom. The Bertz CT molecular complexity index is 697. The SMILES string of the molecule is CNC1CCCN(C(=O)c2ccc(S(=O)(=O)N3CCCCC3)cc2)C1. The highest BCUT2D eigenvalue weighted by atomic mass is 32.2. The Morgan fingerprint density at radius 2 is 1.72 bits per heavy atom. The molecule has 0 aromatic heterocycles. The highest BCUT2D eigenvalue weighted by Gasteiger charge is 2.27. The molecule has 1 N–H and O–H groups in total. The largest absolute Gasteiger partial charge is 0.337 e. The smallest absolute Gasteiger partial charge is 0.253 e. The van der Waals surface area contributed by atoms with Gasteiger partial charge in [-0.25, -0.2) is 8.42 Å². The second kappa shape index (κ2) is 7.85. The molecule has 138 valence electrons. The van der Waals surface area contributed by atoms with Gasteiger partial charge >= 0.3 is 0 Å². The molecule has 7 heteroatoms. The first kappa shape index (κ1) is 18.4. The second-order valence-corrected chi connectivity index (χ2v) is 8.81. The lowest BCUT2D eigenvalue weighted by atomic mass is 10.0. The Labute approximate surface area is 150 Å². The molecule has 0 saturated carbocycles. The van der Waals surface area contributed by atoms with Gasteiger partial charge in [-0.05, 0) is 57.0 Å². The summed E-state index contributed by atoms with van der Waals surface area (Å²) in [5.74, 6) is -0.0260. The van der Waals surface area contributed by atoms with E-state index in [0.717, 1.165) is 38.6 Å². The first-order valence-electron chi connectivity index (χ1n) is 9.09. The van der Waals surface area contributed by atoms with Gasteiger partial charge in [-0.3, -0.25) is 4.79 Å². The molecule has 1 unspecified atom stereocenters. The van der Waals surface area contributed by atoms with Gasteiger partial charge < -0.3 is 10.2 Å². The molecule has 3 rings (SSSR count). The minimum Gasteiger partial charge on any atom is -0.337 e. The summed E-state index contributed by atoms with van der Waals surface area (Å²) < 4.78 is 26.9. The van der Waals surface area contributed by atoms with Crippen molar-refractivity contribution < 1.29 is 13.2 Å². The number of likely N-dealkylation sites (N-methyl/N-ethyl adjacent to an activating group) is 1. The number of nitrogens with one attached hydrogen (secondary N) is 1. The number of rotatable bonds is 4. The molecule has 25 heavy (non-hydrogen) atoms. The van der Waals surface area contributed by atoms with Gasteiger partial charge in [-0.1, -0.05) is 6.42 Å². The summed E-state index contributed by atoms with van der Waals surface area (Å²) in [6.45, 7) is 2.62. The minimum absolute atomic E-state index is 0.0260. The maximum Gasteiger partial charge on any atom is 0.253 e. The first-order chi connectivity index (χ1) is 12.0. The molecule has 0 spiro atoms. The molecular weight excluding hydrogens is 338 g/mol. The van der Waals surface area contributed by atoms with Gasteiger partial charge in [0.05, 0.1) is 4.90 Å². The van der Waals surface area contributed by atoms with Crippen LogP contribution in [0.15, 0.2) is 29.2 Å². The highest BCUT2D eigenvalue weighted by Crippen LogP contribution is 2.21. The zero-order valence-corrected chi connectivity index (χ0v) is 15.6. The van der Waals surface area contributed by atoms with E-state index in [1.807, 2.05) is 11.9 Å². The fourth-order valence-corrected chi connectivity index (χ4v) is 5.12. The Kier molecular flexibility index (Phi) is 5.76. The number of hydrogen-bond acceptors (Lipinski definition) is 4. The fourth-order valence-electron chi connectivity index (χ4n) is 3.60. The van der Waals surface area contributed by atoms with E-state index < -0.39 is 10.0 Å². The zero-order valence-electron chi connectivity index (χ0n) is 14.8. The molecule has 2 heterocycles. The van der Waals surface area contributed by atoms with Crippen molar-refractivity contribution in [2.75, 3.05) is 33.2 Å². The normalized spacial score (nSPS) is 22.8. The lowest BCUT2D eigenvalue weighted by Gasteiger charge is -2.32. The van der Waals surface area contributed by atoms with Crippen LogP contribution in [0.4, 0.5) is 0 Å². The minimum atomic E-state index is -3.44. The topological polar surface area (TPSA) is 69.7 Å². The highest BCUT2D eigenvalue weighted by molar-refractivity contribution is 7.89. The summed E-state index contributed by atoms with van der Waals surface area (Å²) in [5, 5.41) is 3.23. The quantitative estimate of drug-likeness (QED) is 0.881. The standard InChI is InChI=1S/C18H27N3O3S/c1-19-16-6-5-11-20(14-16)18(22)15-7-9-17(10-8-15)25(23,24)21-12-3-2-4-13-21/h7-10,16,19H,2-6,11-14H2,1H3. The number of nitrogens with zero attached hydrogens (tertiary/aromatic N) is 2. The predicted molar refractivity (Wildman–Crippen MR) is 97.0 cm³/mol. The van der Waals surface area contributed by atoms with Crippen molar-refractivity contribution in [3.8, 4) is 0 Å². The van der Waals surface area contributed by atoms with Gasteiger partial charge in [0.15, 0.2) is 0 Å². The number of amides is 1. The van der Waals surface area contributed by atoms with Crippen LogP contribution in [0, 0.1) is 0 Å². The number of piperidine rings is 2. The predicted octanol–water partition coefficient (Wildman–Crippen LogP) is 1.69. The molecular formula is C18H27N3O3S. The van der Waals surface area contributed by atoms with Gasteiger partial charge in [0, 0.05) is 37.8 Å². The van der Waals surface area contributed by atoms with E-state index in [9.17, 15) is 13.2 Å². The second-order valence-electron chi connectivity index (χ2n) is 6.87. The van der Waals surface area contributed by atoms with Gasteiger partial charge in [0.2, 0.25) is 10.0 Å². The summed E-state index contributed by atoms with van der Waals surface area (Å²) >= 11 is 0. The van der Waals surface area contributed by atoms with Crippen molar-refractivity contribution in [2.24, 2.45) is 0 Å². The molecule has 6 nitrogen and oxygen atoms in total. The summed E-state index contributed by atoms with van der Waals surface area (Å²) in [4.78, 5) is 14.8. The monoisotopic (exact) mass is 365 g/mol. The van der Waals surface area contributed by atoms with Crippen LogP contribution in [0.1, 0.15) is 42.5 Å². The maximum absolute atomic E-state index is 12.7. The van der Waals surface area contributed by atoms with E-state index >= 15 is 0 Å². The number of likely N-dealkylation sites (tertiary alicyclic amines) is 1. The molecule has 2 aliphatic rings. The van der Waals surface area contributed by atoms with Crippen molar-refractivity contribution in [1.29, 1.82) is 0 Å². The van der Waals surface area contributed by atoms with E-state index in [1.165, 1.54) is 0 Å². The number of carbonyl (C=O) groups is 1. The molecule has 0 bridgehead atoms. The van der Waals surface area contributed by atoms with Gasteiger partial charge in [-0.2, -0.15) is 4.31 Å². The van der Waals surface area contributed by atoms with Crippen LogP contribution in [-0.4, -0.2) is 62.8 Å². The molecule has 1 atom stereocenters. The van der Waals surface area contributed by atoms with Crippen molar-refractivity contribution in [3.63, 3.8) is 0 Å². The fraction of sp³-hybridized carbons (Fsp3) is 0.611. The number of sulfonamides is 1. The third-order valence-corrected chi connectivity index (χ3v) is 7.08. The van der Waals surface area contributed by atoms with Crippen LogP contribution in [-0.2, 0) is 10.0 Å². The molecule has 2 aliphatic heterocycles. The van der Waals surface area contributed by atoms with E-state index in [4.69, 9.17) is 0 Å². The number of benzene rings is 1. The average Bonchev–Trinajstić information content (AvgIpc) is 2.68. The molecule has 1 amide bonds. The van der Waals surface area contributed by atoms with Gasteiger partial charge in [0.1, 0.15) is 0 Å². The van der Waals surface area contributed by atoms with Crippen LogP contribution in [0.5, 0.6) is 0 Å². The van der Waals surface area contributed by atoms with Crippen LogP contribution in [0.3, 0.4) is 0 Å². The van der Waals surface area contributed by atoms with Crippen molar-refractivity contribution in [3.05, 3.63) is 29.8 Å². The average molecular weight is 365 g/mol. The molecule has 0 radical (unpaired) electrons. The summed E-state index contributed by atoms with van der Waals surface area (Å²) in [7, 11) is -1.53. The number of carbonyl (C=O) groups excluding carboxylic acids is 1. The van der Waals surface area contributed by atoms with Crippen molar-refractivity contribution in [1.82, 2.24) is 14.5 Å². The maximum atomic E-state index is 12.7. The van der Waals surface area contributed by atoms with E-state index in [2.05, 4.69) is 5.32 Å². The third kappa shape index (κ3) is 4.04. The molecule has 1 aromatic carbocycles. The van der Waals surface area contributed by atoms with Crippen LogP contribution < -0.4 is 5.32 Å². The van der Waals surface area contributed by atoms with E-state index in [0.29, 0.717) is 31.2 Å². The Hall–Kier alpha value is -1.44. The summed E-state index contributed by atoms with van der Waals surface area (Å²) in [6, 6.07) is 6.74. The number of hydrogen-bond donors (Lipinski definition) is 1. The van der Waals surface area contributed by atoms with Gasteiger partial charge in [0.25, 0.3) is 5.91 Å². The van der Waals surface area contributed by atoms with Crippen LogP contribution in [0.2, 0.25) is 0 Å². The lowest BCUT2D eigenvalue weighted by Crippen LogP contribution is -2.46. The third-order valence-electron chi connectivity index (χ3n) is 5.17. The Balaban J connectivity index is 1.72. The molecule has 2 saturated heterocycles. The van der Waals surface area contributed by atoms with Crippen molar-refractivity contribution in [2.45, 2.75) is 43.0 Å². The summed E-state index contributed by atoms with van der Waals surface area (Å²) in [6.07, 6.45) is 4.98. The van der Waals surface area contributed by atoms with E-state index in [1.54, 1.807) is 28.6 Å².